The van der Waals surface area contributed by atoms with Crippen LogP contribution in [0.1, 0.15) is 0 Å². The van der Waals surface area contributed by atoms with Crippen LogP contribution in [0.5, 0.6) is 0 Å². The third kappa shape index (κ3) is 2.19. The third-order valence-electron chi connectivity index (χ3n) is 4.29. The van der Waals surface area contributed by atoms with Crippen LogP contribution in [0, 0.1) is 0 Å². The standard InChI is InChI=1S/C17H19N5/c1-20-16-15(8-5-9-18-16)19-17(20)22-12-10-21(11-13-22)14-6-3-2-4-7-14/h2-9H,10-13H2,1H3. The molecule has 1 aliphatic heterocycles. The first-order valence-electron chi connectivity index (χ1n) is 7.65. The monoisotopic (exact) mass is 293 g/mol. The third-order valence-corrected chi connectivity index (χ3v) is 4.29. The van der Waals surface area contributed by atoms with E-state index in [2.05, 4.69) is 49.7 Å². The zero-order chi connectivity index (χ0) is 14.9. The number of pyridine rings is 1. The quantitative estimate of drug-likeness (QED) is 0.726. The molecule has 1 aromatic carbocycles. The number of para-hydroxylation sites is 1. The van der Waals surface area contributed by atoms with E-state index in [1.807, 2.05) is 25.4 Å². The van der Waals surface area contributed by atoms with E-state index < -0.39 is 0 Å². The van der Waals surface area contributed by atoms with Crippen molar-refractivity contribution in [2.45, 2.75) is 0 Å². The molecule has 2 aromatic heterocycles. The molecule has 112 valence electrons. The minimum atomic E-state index is 0.947. The van der Waals surface area contributed by atoms with Crippen molar-refractivity contribution in [2.75, 3.05) is 36.0 Å². The van der Waals surface area contributed by atoms with Gasteiger partial charge in [-0.2, -0.15) is 0 Å². The summed E-state index contributed by atoms with van der Waals surface area (Å²) in [5, 5.41) is 0. The van der Waals surface area contributed by atoms with Crippen LogP contribution >= 0.6 is 0 Å². The second-order valence-electron chi connectivity index (χ2n) is 5.63. The Labute approximate surface area is 129 Å². The van der Waals surface area contributed by atoms with Crippen molar-refractivity contribution in [1.29, 1.82) is 0 Å². The van der Waals surface area contributed by atoms with Gasteiger partial charge in [0.05, 0.1) is 0 Å². The highest BCUT2D eigenvalue weighted by molar-refractivity contribution is 5.74. The summed E-state index contributed by atoms with van der Waals surface area (Å²) in [5.41, 5.74) is 3.21. The molecule has 5 nitrogen and oxygen atoms in total. The number of aromatic nitrogens is 3. The number of aryl methyl sites for hydroxylation is 1. The van der Waals surface area contributed by atoms with Crippen LogP contribution in [0.2, 0.25) is 0 Å². The first kappa shape index (κ1) is 13.1. The number of anilines is 2. The number of rotatable bonds is 2. The van der Waals surface area contributed by atoms with Crippen molar-refractivity contribution < 1.29 is 0 Å². The summed E-state index contributed by atoms with van der Waals surface area (Å²) in [5.74, 6) is 1.02. The Hall–Kier alpha value is -2.56. The molecular formula is C17H19N5. The Kier molecular flexibility index (Phi) is 3.18. The normalized spacial score (nSPS) is 15.5. The minimum Gasteiger partial charge on any atom is -0.368 e. The lowest BCUT2D eigenvalue weighted by Crippen LogP contribution is -2.47. The zero-order valence-electron chi connectivity index (χ0n) is 12.7. The summed E-state index contributed by atoms with van der Waals surface area (Å²) >= 11 is 0. The first-order chi connectivity index (χ1) is 10.8. The average molecular weight is 293 g/mol. The fourth-order valence-electron chi connectivity index (χ4n) is 3.10. The molecule has 0 radical (unpaired) electrons. The maximum atomic E-state index is 4.74. The second-order valence-corrected chi connectivity index (χ2v) is 5.63. The average Bonchev–Trinajstić information content (AvgIpc) is 2.93. The largest absolute Gasteiger partial charge is 0.368 e. The molecule has 3 heterocycles. The highest BCUT2D eigenvalue weighted by atomic mass is 15.4. The molecule has 1 fully saturated rings. The summed E-state index contributed by atoms with van der Waals surface area (Å²) in [6.07, 6.45) is 1.82. The molecule has 0 unspecified atom stereocenters. The van der Waals surface area contributed by atoms with Gasteiger partial charge in [-0.1, -0.05) is 18.2 Å². The van der Waals surface area contributed by atoms with E-state index in [0.29, 0.717) is 0 Å². The molecule has 0 bridgehead atoms. The Morgan fingerprint density at radius 1 is 0.864 bits per heavy atom. The number of piperazine rings is 1. The minimum absolute atomic E-state index is 0.947. The maximum absolute atomic E-state index is 4.74. The zero-order valence-corrected chi connectivity index (χ0v) is 12.7. The van der Waals surface area contributed by atoms with Gasteiger partial charge in [-0.25, -0.2) is 9.97 Å². The number of nitrogens with zero attached hydrogens (tertiary/aromatic N) is 5. The van der Waals surface area contributed by atoms with Gasteiger partial charge in [0, 0.05) is 45.1 Å². The van der Waals surface area contributed by atoms with Crippen molar-refractivity contribution in [2.24, 2.45) is 7.05 Å². The molecule has 0 saturated carbocycles. The van der Waals surface area contributed by atoms with Gasteiger partial charge in [-0.3, -0.25) is 4.57 Å². The molecule has 1 aliphatic rings. The van der Waals surface area contributed by atoms with Crippen LogP contribution in [0.4, 0.5) is 11.6 Å². The van der Waals surface area contributed by atoms with Crippen LogP contribution in [0.15, 0.2) is 48.7 Å². The van der Waals surface area contributed by atoms with Gasteiger partial charge in [0.25, 0.3) is 0 Å². The van der Waals surface area contributed by atoms with E-state index in [1.54, 1.807) is 0 Å². The van der Waals surface area contributed by atoms with Crippen LogP contribution in [0.3, 0.4) is 0 Å². The number of fused-ring (bicyclic) bond motifs is 1. The molecule has 5 heteroatoms. The van der Waals surface area contributed by atoms with E-state index in [1.165, 1.54) is 5.69 Å². The van der Waals surface area contributed by atoms with Gasteiger partial charge in [0.1, 0.15) is 5.52 Å². The van der Waals surface area contributed by atoms with Gasteiger partial charge in [-0.05, 0) is 24.3 Å². The fourth-order valence-corrected chi connectivity index (χ4v) is 3.10. The lowest BCUT2D eigenvalue weighted by molar-refractivity contribution is 0.632. The van der Waals surface area contributed by atoms with Gasteiger partial charge in [0.15, 0.2) is 5.65 Å². The van der Waals surface area contributed by atoms with E-state index in [4.69, 9.17) is 4.98 Å². The van der Waals surface area contributed by atoms with Crippen molar-refractivity contribution >= 4 is 22.8 Å². The Morgan fingerprint density at radius 2 is 1.59 bits per heavy atom. The van der Waals surface area contributed by atoms with E-state index in [9.17, 15) is 0 Å². The summed E-state index contributed by atoms with van der Waals surface area (Å²) in [6.45, 7) is 3.99. The SMILES string of the molecule is Cn1c(N2CCN(c3ccccc3)CC2)nc2cccnc21. The molecule has 0 atom stereocenters. The van der Waals surface area contributed by atoms with E-state index >= 15 is 0 Å². The van der Waals surface area contributed by atoms with Crippen molar-refractivity contribution in [3.05, 3.63) is 48.7 Å². The number of hydrogen-bond acceptors (Lipinski definition) is 4. The van der Waals surface area contributed by atoms with Crippen LogP contribution in [-0.4, -0.2) is 40.7 Å². The van der Waals surface area contributed by atoms with Crippen LogP contribution < -0.4 is 9.80 Å². The Balaban J connectivity index is 1.54. The van der Waals surface area contributed by atoms with Crippen LogP contribution in [0.25, 0.3) is 11.2 Å². The van der Waals surface area contributed by atoms with Gasteiger partial charge in [0.2, 0.25) is 5.95 Å². The number of imidazole rings is 1. The van der Waals surface area contributed by atoms with Gasteiger partial charge in [-0.15, -0.1) is 0 Å². The van der Waals surface area contributed by atoms with Crippen molar-refractivity contribution in [1.82, 2.24) is 14.5 Å². The first-order valence-corrected chi connectivity index (χ1v) is 7.65. The molecule has 0 amide bonds. The summed E-state index contributed by atoms with van der Waals surface area (Å²) in [6, 6.07) is 14.6. The Bertz CT molecular complexity index is 772. The van der Waals surface area contributed by atoms with Crippen LogP contribution in [-0.2, 0) is 7.05 Å². The topological polar surface area (TPSA) is 37.2 Å². The molecule has 22 heavy (non-hydrogen) atoms. The molecule has 4 rings (SSSR count). The molecule has 3 aromatic rings. The molecule has 1 saturated heterocycles. The van der Waals surface area contributed by atoms with Gasteiger partial charge >= 0.3 is 0 Å². The number of hydrogen-bond donors (Lipinski definition) is 0. The predicted molar refractivity (Wildman–Crippen MR) is 89.4 cm³/mol. The second kappa shape index (κ2) is 5.33. The fraction of sp³-hybridized carbons (Fsp3) is 0.294. The maximum Gasteiger partial charge on any atom is 0.207 e. The molecule has 0 aliphatic carbocycles. The Morgan fingerprint density at radius 3 is 2.32 bits per heavy atom. The highest BCUT2D eigenvalue weighted by Crippen LogP contribution is 2.22. The van der Waals surface area contributed by atoms with Crippen molar-refractivity contribution in [3.63, 3.8) is 0 Å². The van der Waals surface area contributed by atoms with E-state index in [-0.39, 0.29) is 0 Å². The van der Waals surface area contributed by atoms with Gasteiger partial charge < -0.3 is 9.80 Å². The molecular weight excluding hydrogens is 274 g/mol. The summed E-state index contributed by atoms with van der Waals surface area (Å²) in [7, 11) is 2.04. The van der Waals surface area contributed by atoms with E-state index in [0.717, 1.165) is 43.3 Å². The highest BCUT2D eigenvalue weighted by Gasteiger charge is 2.21. The number of benzene rings is 1. The summed E-state index contributed by atoms with van der Waals surface area (Å²) in [4.78, 5) is 13.9. The predicted octanol–water partition coefficient (Wildman–Crippen LogP) is 2.29. The lowest BCUT2D eigenvalue weighted by Gasteiger charge is -2.36. The summed E-state index contributed by atoms with van der Waals surface area (Å²) < 4.78 is 2.09. The lowest BCUT2D eigenvalue weighted by atomic mass is 10.2. The molecule has 0 N–H and O–H groups in total. The molecule has 0 spiro atoms. The smallest absolute Gasteiger partial charge is 0.207 e. The van der Waals surface area contributed by atoms with Crippen molar-refractivity contribution in [3.8, 4) is 0 Å².